The zero-order valence-electron chi connectivity index (χ0n) is 11.5. The van der Waals surface area contributed by atoms with Crippen LogP contribution in [-0.4, -0.2) is 15.8 Å². The number of carbonyl (C=O) groups is 1. The minimum atomic E-state index is -0.845. The van der Waals surface area contributed by atoms with E-state index in [2.05, 4.69) is 0 Å². The molecule has 2 aromatic rings. The molecule has 0 fully saturated rings. The highest BCUT2D eigenvalue weighted by molar-refractivity contribution is 6.32. The smallest absolute Gasteiger partial charge is 0.338 e. The number of halogens is 1. The third-order valence-electron chi connectivity index (χ3n) is 2.93. The Labute approximate surface area is 134 Å². The van der Waals surface area contributed by atoms with E-state index < -0.39 is 21.5 Å². The second-order valence-electron chi connectivity index (χ2n) is 4.39. The van der Waals surface area contributed by atoms with Crippen LogP contribution < -0.4 is 0 Å². The molecule has 0 N–H and O–H groups in total. The molecular formula is C14H9ClN2O6. The zero-order chi connectivity index (χ0) is 17.0. The molecule has 0 unspecified atom stereocenters. The van der Waals surface area contributed by atoms with Crippen LogP contribution in [0.25, 0.3) is 0 Å². The van der Waals surface area contributed by atoms with Gasteiger partial charge >= 0.3 is 5.97 Å². The molecule has 8 nitrogen and oxygen atoms in total. The molecule has 0 amide bonds. The number of esters is 1. The van der Waals surface area contributed by atoms with Gasteiger partial charge in [-0.05, 0) is 18.2 Å². The van der Waals surface area contributed by atoms with E-state index >= 15 is 0 Å². The fourth-order valence-electron chi connectivity index (χ4n) is 1.82. The van der Waals surface area contributed by atoms with Crippen LogP contribution in [0.4, 0.5) is 11.4 Å². The summed E-state index contributed by atoms with van der Waals surface area (Å²) in [5, 5.41) is 21.6. The molecule has 0 radical (unpaired) electrons. The third kappa shape index (κ3) is 3.80. The maximum Gasteiger partial charge on any atom is 0.338 e. The first kappa shape index (κ1) is 16.4. The molecule has 23 heavy (non-hydrogen) atoms. The summed E-state index contributed by atoms with van der Waals surface area (Å²) in [6.07, 6.45) is 0. The fourth-order valence-corrected chi connectivity index (χ4v) is 2.00. The number of nitro benzene ring substituents is 2. The SMILES string of the molecule is O=C(OCc1ccccc1[N+](=O)[O-])c1ccc(Cl)c([N+](=O)[O-])c1. The molecule has 0 heterocycles. The molecule has 0 bridgehead atoms. The summed E-state index contributed by atoms with van der Waals surface area (Å²) in [5.41, 5.74) is -0.455. The van der Waals surface area contributed by atoms with Gasteiger partial charge in [0.1, 0.15) is 11.6 Å². The van der Waals surface area contributed by atoms with E-state index in [4.69, 9.17) is 16.3 Å². The number of nitrogens with zero attached hydrogens (tertiary/aromatic N) is 2. The molecule has 0 aliphatic carbocycles. The molecule has 0 aliphatic rings. The normalized spacial score (nSPS) is 10.1. The van der Waals surface area contributed by atoms with Crippen molar-refractivity contribution in [2.24, 2.45) is 0 Å². The van der Waals surface area contributed by atoms with E-state index in [9.17, 15) is 25.0 Å². The average molecular weight is 337 g/mol. The van der Waals surface area contributed by atoms with E-state index in [0.717, 1.165) is 6.07 Å². The molecule has 9 heteroatoms. The summed E-state index contributed by atoms with van der Waals surface area (Å²) < 4.78 is 4.97. The van der Waals surface area contributed by atoms with Crippen molar-refractivity contribution >= 4 is 28.9 Å². The first-order valence-electron chi connectivity index (χ1n) is 6.23. The second-order valence-corrected chi connectivity index (χ2v) is 4.79. The molecule has 0 saturated heterocycles. The number of nitro groups is 2. The molecule has 118 valence electrons. The lowest BCUT2D eigenvalue weighted by atomic mass is 10.2. The summed E-state index contributed by atoms with van der Waals surface area (Å²) in [7, 11) is 0. The first-order valence-corrected chi connectivity index (χ1v) is 6.61. The van der Waals surface area contributed by atoms with Crippen LogP contribution in [0.5, 0.6) is 0 Å². The van der Waals surface area contributed by atoms with Crippen LogP contribution in [0.2, 0.25) is 5.02 Å². The lowest BCUT2D eigenvalue weighted by Crippen LogP contribution is -2.07. The van der Waals surface area contributed by atoms with Crippen molar-refractivity contribution in [3.63, 3.8) is 0 Å². The van der Waals surface area contributed by atoms with Gasteiger partial charge < -0.3 is 4.74 Å². The van der Waals surface area contributed by atoms with Gasteiger partial charge in [0.2, 0.25) is 0 Å². The zero-order valence-corrected chi connectivity index (χ0v) is 12.2. The Hall–Kier alpha value is -3.00. The van der Waals surface area contributed by atoms with Gasteiger partial charge in [0, 0.05) is 12.1 Å². The van der Waals surface area contributed by atoms with Gasteiger partial charge in [0.25, 0.3) is 11.4 Å². The monoisotopic (exact) mass is 336 g/mol. The van der Waals surface area contributed by atoms with Crippen molar-refractivity contribution < 1.29 is 19.4 Å². The van der Waals surface area contributed by atoms with Crippen LogP contribution >= 0.6 is 11.6 Å². The summed E-state index contributed by atoms with van der Waals surface area (Å²) in [5.74, 6) is -0.845. The predicted octanol–water partition coefficient (Wildman–Crippen LogP) is 3.51. The molecule has 2 rings (SSSR count). The highest BCUT2D eigenvalue weighted by atomic mass is 35.5. The van der Waals surface area contributed by atoms with Crippen molar-refractivity contribution in [2.45, 2.75) is 6.61 Å². The largest absolute Gasteiger partial charge is 0.457 e. The van der Waals surface area contributed by atoms with E-state index in [1.165, 1.54) is 30.3 Å². The Balaban J connectivity index is 2.16. The number of carbonyl (C=O) groups excluding carboxylic acids is 1. The van der Waals surface area contributed by atoms with Crippen LogP contribution in [0.3, 0.4) is 0 Å². The minimum absolute atomic E-state index is 0.0697. The van der Waals surface area contributed by atoms with Crippen molar-refractivity contribution in [3.8, 4) is 0 Å². The van der Waals surface area contributed by atoms with Crippen molar-refractivity contribution in [1.29, 1.82) is 0 Å². The Kier molecular flexibility index (Phi) is 4.87. The highest BCUT2D eigenvalue weighted by Gasteiger charge is 2.19. The lowest BCUT2D eigenvalue weighted by molar-refractivity contribution is -0.385. The minimum Gasteiger partial charge on any atom is -0.457 e. The van der Waals surface area contributed by atoms with Crippen LogP contribution in [0.15, 0.2) is 42.5 Å². The van der Waals surface area contributed by atoms with Gasteiger partial charge in [-0.15, -0.1) is 0 Å². The fraction of sp³-hybridized carbons (Fsp3) is 0.0714. The van der Waals surface area contributed by atoms with E-state index in [-0.39, 0.29) is 28.4 Å². The number of hydrogen-bond acceptors (Lipinski definition) is 6. The standard InChI is InChI=1S/C14H9ClN2O6/c15-11-6-5-9(7-13(11)17(21)22)14(18)23-8-10-3-1-2-4-12(10)16(19)20/h1-7H,8H2. The molecule has 0 atom stereocenters. The van der Waals surface area contributed by atoms with Crippen molar-refractivity contribution in [1.82, 2.24) is 0 Å². The number of ether oxygens (including phenoxy) is 1. The molecule has 0 aromatic heterocycles. The Morgan fingerprint density at radius 1 is 1.04 bits per heavy atom. The Morgan fingerprint density at radius 2 is 1.70 bits per heavy atom. The van der Waals surface area contributed by atoms with Gasteiger partial charge in [0.05, 0.1) is 21.0 Å². The predicted molar refractivity (Wildman–Crippen MR) is 80.3 cm³/mol. The van der Waals surface area contributed by atoms with Gasteiger partial charge in [-0.1, -0.05) is 23.7 Å². The average Bonchev–Trinajstić information content (AvgIpc) is 2.52. The maximum absolute atomic E-state index is 11.9. The van der Waals surface area contributed by atoms with Crippen LogP contribution in [0.1, 0.15) is 15.9 Å². The summed E-state index contributed by atoms with van der Waals surface area (Å²) in [6.45, 7) is -0.327. The summed E-state index contributed by atoms with van der Waals surface area (Å²) >= 11 is 5.66. The van der Waals surface area contributed by atoms with E-state index in [0.29, 0.717) is 0 Å². The van der Waals surface area contributed by atoms with Gasteiger partial charge in [-0.25, -0.2) is 4.79 Å². The summed E-state index contributed by atoms with van der Waals surface area (Å²) in [6, 6.07) is 9.28. The molecular weight excluding hydrogens is 328 g/mol. The quantitative estimate of drug-likeness (QED) is 0.469. The maximum atomic E-state index is 11.9. The van der Waals surface area contributed by atoms with Gasteiger partial charge in [-0.2, -0.15) is 0 Å². The molecule has 0 saturated carbocycles. The molecule has 2 aromatic carbocycles. The first-order chi connectivity index (χ1) is 10.9. The number of hydrogen-bond donors (Lipinski definition) is 0. The van der Waals surface area contributed by atoms with Crippen molar-refractivity contribution in [2.75, 3.05) is 0 Å². The number of para-hydroxylation sites is 1. The van der Waals surface area contributed by atoms with E-state index in [1.807, 2.05) is 0 Å². The lowest BCUT2D eigenvalue weighted by Gasteiger charge is -2.06. The van der Waals surface area contributed by atoms with Crippen LogP contribution in [-0.2, 0) is 11.3 Å². The topological polar surface area (TPSA) is 113 Å². The number of rotatable bonds is 5. The second kappa shape index (κ2) is 6.84. The van der Waals surface area contributed by atoms with Crippen molar-refractivity contribution in [3.05, 3.63) is 78.8 Å². The van der Waals surface area contributed by atoms with Gasteiger partial charge in [-0.3, -0.25) is 20.2 Å². The number of benzene rings is 2. The summed E-state index contributed by atoms with van der Waals surface area (Å²) in [4.78, 5) is 32.3. The van der Waals surface area contributed by atoms with Gasteiger partial charge in [0.15, 0.2) is 0 Å². The highest BCUT2D eigenvalue weighted by Crippen LogP contribution is 2.26. The Morgan fingerprint density at radius 3 is 2.35 bits per heavy atom. The van der Waals surface area contributed by atoms with Crippen LogP contribution in [0, 0.1) is 20.2 Å². The molecule has 0 aliphatic heterocycles. The molecule has 0 spiro atoms. The third-order valence-corrected chi connectivity index (χ3v) is 3.25. The van der Waals surface area contributed by atoms with E-state index in [1.54, 1.807) is 6.07 Å². The Bertz CT molecular complexity index is 793.